The van der Waals surface area contributed by atoms with Crippen molar-refractivity contribution in [1.29, 1.82) is 0 Å². The fourth-order valence-electron chi connectivity index (χ4n) is 16.0. The molecule has 10 rings (SSSR count). The number of hydrogen-bond acceptors (Lipinski definition) is 24. The van der Waals surface area contributed by atoms with Crippen LogP contribution in [0.25, 0.3) is 0 Å². The molecule has 0 amide bonds. The van der Waals surface area contributed by atoms with E-state index in [1.807, 2.05) is 118 Å². The Balaban J connectivity index is 0.000000234. The van der Waals surface area contributed by atoms with Gasteiger partial charge in [0.25, 0.3) is 5.52 Å². The maximum absolute atomic E-state index is 13.0. The minimum atomic E-state index is -5.02. The highest BCUT2D eigenvalue weighted by atomic mass is 31.1. The summed E-state index contributed by atoms with van der Waals surface area (Å²) in [7, 11) is 4.95. The van der Waals surface area contributed by atoms with E-state index < -0.39 is 170 Å². The number of hydrogen-bond donors (Lipinski definition) is 0. The Hall–Kier alpha value is -1.03. The molecular formula is C71H122F3O24P. The molecule has 99 heavy (non-hydrogen) atoms. The molecule has 10 saturated heterocycles. The molecule has 28 heteroatoms. The second-order valence-corrected chi connectivity index (χ2v) is 33.5. The summed E-state index contributed by atoms with van der Waals surface area (Å²) in [4.78, 5) is 11.7. The monoisotopic (exact) mass is 1450 g/mol. The molecule has 0 bridgehead atoms. The molecule has 2 spiro atoms. The zero-order chi connectivity index (χ0) is 73.9. The molecule has 33 atom stereocenters. The number of alkyl halides is 3. The van der Waals surface area contributed by atoms with Crippen LogP contribution in [0.4, 0.5) is 13.2 Å². The minimum Gasteiger partial charge on any atom is -0.375 e. The molecule has 0 aromatic carbocycles. The molecule has 10 fully saturated rings. The van der Waals surface area contributed by atoms with E-state index in [4.69, 9.17) is 109 Å². The Labute approximate surface area is 588 Å². The predicted octanol–water partition coefficient (Wildman–Crippen LogP) is 11.0. The first-order valence-electron chi connectivity index (χ1n) is 35.7. The van der Waals surface area contributed by atoms with Gasteiger partial charge >= 0.3 is 6.18 Å². The summed E-state index contributed by atoms with van der Waals surface area (Å²) < 4.78 is 188. The van der Waals surface area contributed by atoms with Crippen molar-refractivity contribution in [1.82, 2.24) is 0 Å². The van der Waals surface area contributed by atoms with Crippen LogP contribution in [-0.2, 0) is 114 Å². The van der Waals surface area contributed by atoms with E-state index >= 15 is 0 Å². The topological polar surface area (TPSA) is 229 Å². The van der Waals surface area contributed by atoms with Crippen LogP contribution >= 0.6 is 8.81 Å². The maximum atomic E-state index is 13.0. The van der Waals surface area contributed by atoms with Gasteiger partial charge in [-0.2, -0.15) is 13.2 Å². The van der Waals surface area contributed by atoms with Crippen molar-refractivity contribution in [2.75, 3.05) is 41.7 Å². The van der Waals surface area contributed by atoms with Gasteiger partial charge in [0.15, 0.2) is 54.6 Å². The quantitative estimate of drug-likeness (QED) is 0.139. The largest absolute Gasteiger partial charge is 0.456 e. The molecule has 24 nitrogen and oxygen atoms in total. The van der Waals surface area contributed by atoms with Crippen molar-refractivity contribution in [2.45, 2.75) is 372 Å². The second kappa shape index (κ2) is 29.5. The normalized spacial score (nSPS) is 51.2. The summed E-state index contributed by atoms with van der Waals surface area (Å²) in [5.41, 5.74) is -6.79. The van der Waals surface area contributed by atoms with Crippen LogP contribution in [0.15, 0.2) is 0 Å². The van der Waals surface area contributed by atoms with Gasteiger partial charge in [0.05, 0.1) is 77.0 Å². The zero-order valence-electron chi connectivity index (χ0n) is 64.3. The first kappa shape index (κ1) is 82.0. The molecule has 576 valence electrons. The van der Waals surface area contributed by atoms with Gasteiger partial charge in [-0.15, -0.1) is 0 Å². The van der Waals surface area contributed by atoms with Crippen LogP contribution < -0.4 is 0 Å². The Kier molecular flexibility index (Phi) is 24.5. The summed E-state index contributed by atoms with van der Waals surface area (Å²) in [6, 6.07) is 0. The number of carbonyl (C=O) groups excluding carboxylic acids is 1. The number of ether oxygens (including phenoxy) is 22. The van der Waals surface area contributed by atoms with Crippen LogP contribution in [0.5, 0.6) is 0 Å². The fourth-order valence-corrected chi connectivity index (χ4v) is 16.6. The third-order valence-corrected chi connectivity index (χ3v) is 25.6. The van der Waals surface area contributed by atoms with Crippen molar-refractivity contribution in [2.24, 2.45) is 35.5 Å². The second-order valence-electron chi connectivity index (χ2n) is 32.6. The van der Waals surface area contributed by atoms with Gasteiger partial charge in [-0.3, -0.25) is 4.79 Å². The molecule has 10 aliphatic heterocycles. The van der Waals surface area contributed by atoms with Gasteiger partial charge in [0.1, 0.15) is 70.2 Å². The summed E-state index contributed by atoms with van der Waals surface area (Å²) in [5, 5.41) is 0. The minimum absolute atomic E-state index is 0.0342. The molecule has 0 N–H and O–H groups in total. The van der Waals surface area contributed by atoms with Crippen LogP contribution in [0.1, 0.15) is 186 Å². The average molecular weight is 1450 g/mol. The van der Waals surface area contributed by atoms with Gasteiger partial charge in [-0.1, -0.05) is 41.5 Å². The van der Waals surface area contributed by atoms with Crippen LogP contribution in [0, 0.1) is 35.5 Å². The summed E-state index contributed by atoms with van der Waals surface area (Å²) in [6.07, 6.45) is -15.0. The molecule has 0 radical (unpaired) electrons. The number of fused-ring (bicyclic) bond motifs is 2. The number of rotatable bonds is 15. The summed E-state index contributed by atoms with van der Waals surface area (Å²) in [5.74, 6) is -5.21. The molecule has 0 aliphatic carbocycles. The van der Waals surface area contributed by atoms with E-state index in [-0.39, 0.29) is 72.8 Å². The highest BCUT2D eigenvalue weighted by Crippen LogP contribution is 2.54. The summed E-state index contributed by atoms with van der Waals surface area (Å²) in [6.45, 7) is 49.5. The predicted molar refractivity (Wildman–Crippen MR) is 353 cm³/mol. The van der Waals surface area contributed by atoms with E-state index in [1.54, 1.807) is 49.2 Å². The van der Waals surface area contributed by atoms with Gasteiger partial charge in [-0.25, -0.2) is 0 Å². The van der Waals surface area contributed by atoms with Crippen LogP contribution in [-0.4, -0.2) is 233 Å². The Morgan fingerprint density at radius 3 is 1.06 bits per heavy atom. The maximum Gasteiger partial charge on any atom is 0.456 e. The lowest BCUT2D eigenvalue weighted by Gasteiger charge is -2.60. The standard InChI is InChI=1S/C36H60F3O13P.C35H62O11/c1-17-15-35(16-43-33(11,41-13)32(9,10)52-35)20(4)28(44-17)48-26-25-24(50-34(12,42-14)31(7,8)49-25)22(6)46-29(26)47-23-18(2)21(5)45-27(19(23)3)51-53-30(40)36(37,38)39;1-18-16-35(17-38-33(12,36-14)32(10,11)46-35)21(4)29(39-18)43-28-27-26(45-34(13,37-15)31(8,9)44-27)24(7)41-30(28)42-25-19(2)22(5)40-23(6)20(25)3/h17-29,53H,15-16H2,1-14H3;18-30H,16-17H2,1-15H3/t17?,18-,19?,20?,21?,22?,23-,24?,25-,26?,27-,28-,29-,33?,34?,35+;18?,19-,20?,21?,22?,23-,24?,25?,26?,27-,28?,29-,30-,33?,34?,35+/m00/s1. The molecule has 10 heterocycles. The van der Waals surface area contributed by atoms with Crippen molar-refractivity contribution >= 4 is 14.3 Å². The van der Waals surface area contributed by atoms with E-state index in [0.717, 1.165) is 0 Å². The molecule has 10 aliphatic rings. The van der Waals surface area contributed by atoms with Crippen molar-refractivity contribution in [3.63, 3.8) is 0 Å². The molecular weight excluding hydrogens is 1320 g/mol. The zero-order valence-corrected chi connectivity index (χ0v) is 65.3. The Bertz CT molecular complexity index is 2720. The van der Waals surface area contributed by atoms with Crippen molar-refractivity contribution in [3.8, 4) is 0 Å². The first-order chi connectivity index (χ1) is 45.6. The third-order valence-electron chi connectivity index (χ3n) is 24.7. The SMILES string of the molecule is COC1(C)OC[C@@]2(CC(C)O[C@@H](OC3[C@H](OC4C(C)[C@H](C)OC(C)[C@@H]4C)OC(C)C4OC(C)(OC)C(C)(C)O[C@@H]43)C2C)OC1(C)C.COC1(C)OC[C@@]2(CC(C)O[C@@H](OC3[C@H](O[C@@H]4C(C)[C@H](OPC(=O)C(F)(F)F)OC(C)[C@@H]4C)OC(C)C4OC(C)(OC)C(C)(C)O[C@@H]43)C2C)OC1(C)C. The van der Waals surface area contributed by atoms with Gasteiger partial charge in [0.2, 0.25) is 0 Å². The Morgan fingerprint density at radius 2 is 0.717 bits per heavy atom. The van der Waals surface area contributed by atoms with E-state index in [9.17, 15) is 18.0 Å². The van der Waals surface area contributed by atoms with Gasteiger partial charge in [-0.05, 0) is 132 Å². The van der Waals surface area contributed by atoms with E-state index in [0.29, 0.717) is 19.4 Å². The molecule has 0 aromatic heterocycles. The Morgan fingerprint density at radius 1 is 0.384 bits per heavy atom. The number of methoxy groups -OCH3 is 4. The smallest absolute Gasteiger partial charge is 0.375 e. The van der Waals surface area contributed by atoms with Crippen LogP contribution in [0.2, 0.25) is 0 Å². The van der Waals surface area contributed by atoms with Crippen LogP contribution in [0.3, 0.4) is 0 Å². The van der Waals surface area contributed by atoms with E-state index in [1.165, 1.54) is 0 Å². The molecule has 0 aromatic rings. The number of halogens is 3. The van der Waals surface area contributed by atoms with Crippen molar-refractivity contribution < 1.29 is 127 Å². The average Bonchev–Trinajstić information content (AvgIpc) is 0.741. The lowest BCUT2D eigenvalue weighted by molar-refractivity contribution is -0.452. The number of carbonyl (C=O) groups is 1. The van der Waals surface area contributed by atoms with E-state index in [2.05, 4.69) is 34.6 Å². The van der Waals surface area contributed by atoms with Gasteiger partial charge in [0, 0.05) is 76.8 Å². The van der Waals surface area contributed by atoms with Crippen molar-refractivity contribution in [3.05, 3.63) is 0 Å². The molecule has 0 saturated carbocycles. The first-order valence-corrected chi connectivity index (χ1v) is 36.7. The lowest BCUT2D eigenvalue weighted by atomic mass is 9.78. The lowest BCUT2D eigenvalue weighted by Crippen LogP contribution is -2.73. The summed E-state index contributed by atoms with van der Waals surface area (Å²) >= 11 is 0. The highest BCUT2D eigenvalue weighted by molar-refractivity contribution is 7.53. The van der Waals surface area contributed by atoms with Gasteiger partial charge < -0.3 is 109 Å². The fraction of sp³-hybridized carbons (Fsp3) is 0.986. The highest BCUT2D eigenvalue weighted by Gasteiger charge is 2.67. The molecule has 20 unspecified atom stereocenters. The third kappa shape index (κ3) is 15.4.